The molecule has 0 aromatic rings. The van der Waals surface area contributed by atoms with Crippen LogP contribution >= 0.6 is 0 Å². The Morgan fingerprint density at radius 2 is 2.05 bits per heavy atom. The fraction of sp³-hybridized carbons (Fsp3) is 0.867. The molecular formula is C15H28N2O4. The molecule has 122 valence electrons. The summed E-state index contributed by atoms with van der Waals surface area (Å²) < 4.78 is 4.88. The van der Waals surface area contributed by atoms with E-state index in [9.17, 15) is 9.59 Å². The predicted molar refractivity (Wildman–Crippen MR) is 80.2 cm³/mol. The van der Waals surface area contributed by atoms with E-state index in [2.05, 4.69) is 19.2 Å². The van der Waals surface area contributed by atoms with Crippen LogP contribution in [0.2, 0.25) is 0 Å². The molecule has 2 amide bonds. The molecule has 2 unspecified atom stereocenters. The molecule has 1 aliphatic rings. The lowest BCUT2D eigenvalue weighted by molar-refractivity contribution is -0.139. The van der Waals surface area contributed by atoms with E-state index in [0.717, 1.165) is 19.3 Å². The van der Waals surface area contributed by atoms with Gasteiger partial charge in [0.2, 0.25) is 0 Å². The number of nitrogens with zero attached hydrogens (tertiary/aromatic N) is 1. The number of carboxylic acid groups (broad SMARTS) is 1. The highest BCUT2D eigenvalue weighted by Gasteiger charge is 2.26. The van der Waals surface area contributed by atoms with E-state index in [-0.39, 0.29) is 12.5 Å². The van der Waals surface area contributed by atoms with Crippen LogP contribution in [-0.2, 0) is 9.53 Å². The number of hydrogen-bond donors (Lipinski definition) is 2. The maximum absolute atomic E-state index is 12.2. The number of hydrogen-bond acceptors (Lipinski definition) is 3. The number of carbonyl (C=O) groups excluding carboxylic acids is 1. The van der Waals surface area contributed by atoms with Gasteiger partial charge in [-0.25, -0.2) is 9.59 Å². The minimum Gasteiger partial charge on any atom is -0.480 e. The van der Waals surface area contributed by atoms with Gasteiger partial charge < -0.3 is 20.1 Å². The van der Waals surface area contributed by atoms with Crippen molar-refractivity contribution in [1.29, 1.82) is 0 Å². The van der Waals surface area contributed by atoms with Crippen molar-refractivity contribution >= 4 is 12.0 Å². The number of carbonyl (C=O) groups is 2. The normalized spacial score (nSPS) is 21.0. The molecule has 1 heterocycles. The molecule has 0 spiro atoms. The predicted octanol–water partition coefficient (Wildman–Crippen LogP) is 1.94. The van der Waals surface area contributed by atoms with Crippen LogP contribution in [0, 0.1) is 11.8 Å². The topological polar surface area (TPSA) is 78.9 Å². The van der Waals surface area contributed by atoms with Crippen molar-refractivity contribution in [2.24, 2.45) is 11.8 Å². The van der Waals surface area contributed by atoms with E-state index in [1.165, 1.54) is 7.11 Å². The second kappa shape index (κ2) is 8.87. The fourth-order valence-corrected chi connectivity index (χ4v) is 2.73. The highest BCUT2D eigenvalue weighted by molar-refractivity contribution is 5.82. The molecule has 1 saturated heterocycles. The van der Waals surface area contributed by atoms with E-state index in [1.807, 2.05) is 0 Å². The second-order valence-corrected chi connectivity index (χ2v) is 6.04. The third-order valence-electron chi connectivity index (χ3n) is 4.21. The molecule has 0 aliphatic carbocycles. The molecule has 1 aliphatic heterocycles. The van der Waals surface area contributed by atoms with Gasteiger partial charge >= 0.3 is 12.0 Å². The van der Waals surface area contributed by atoms with Gasteiger partial charge in [-0.2, -0.15) is 0 Å². The Labute approximate surface area is 126 Å². The molecule has 0 saturated carbocycles. The summed E-state index contributed by atoms with van der Waals surface area (Å²) in [5.74, 6) is 0.253. The first-order valence-corrected chi connectivity index (χ1v) is 7.72. The van der Waals surface area contributed by atoms with E-state index in [4.69, 9.17) is 9.84 Å². The number of urea groups is 1. The van der Waals surface area contributed by atoms with Crippen LogP contribution in [0.25, 0.3) is 0 Å². The molecular weight excluding hydrogens is 272 g/mol. The van der Waals surface area contributed by atoms with Crippen LogP contribution in [0.5, 0.6) is 0 Å². The van der Waals surface area contributed by atoms with Crippen LogP contribution in [0.1, 0.15) is 39.5 Å². The monoisotopic (exact) mass is 300 g/mol. The molecule has 0 radical (unpaired) electrons. The van der Waals surface area contributed by atoms with Crippen molar-refractivity contribution in [1.82, 2.24) is 10.2 Å². The summed E-state index contributed by atoms with van der Waals surface area (Å²) in [4.78, 5) is 25.1. The van der Waals surface area contributed by atoms with Gasteiger partial charge in [0.1, 0.15) is 6.04 Å². The minimum atomic E-state index is -1.02. The summed E-state index contributed by atoms with van der Waals surface area (Å²) in [5, 5.41) is 11.7. The zero-order valence-electron chi connectivity index (χ0n) is 13.3. The van der Waals surface area contributed by atoms with Crippen molar-refractivity contribution in [3.63, 3.8) is 0 Å². The zero-order chi connectivity index (χ0) is 15.8. The number of likely N-dealkylation sites (tertiary alicyclic amines) is 1. The summed E-state index contributed by atoms with van der Waals surface area (Å²) in [5.41, 5.74) is 0. The number of methoxy groups -OCH3 is 1. The van der Waals surface area contributed by atoms with Crippen molar-refractivity contribution in [2.75, 3.05) is 26.8 Å². The van der Waals surface area contributed by atoms with Crippen LogP contribution in [0.15, 0.2) is 0 Å². The first kappa shape index (κ1) is 17.8. The molecule has 1 fully saturated rings. The average molecular weight is 300 g/mol. The number of aliphatic carboxylic acids is 1. The van der Waals surface area contributed by atoms with E-state index in [1.54, 1.807) is 4.90 Å². The molecule has 0 aromatic carbocycles. The summed E-state index contributed by atoms with van der Waals surface area (Å²) in [7, 11) is 1.52. The third kappa shape index (κ3) is 5.91. The number of carboxylic acids is 1. The van der Waals surface area contributed by atoms with E-state index >= 15 is 0 Å². The number of rotatable bonds is 6. The summed E-state index contributed by atoms with van der Waals surface area (Å²) >= 11 is 0. The van der Waals surface area contributed by atoms with Gasteiger partial charge in [0, 0.05) is 33.2 Å². The molecule has 2 atom stereocenters. The Morgan fingerprint density at radius 1 is 1.33 bits per heavy atom. The van der Waals surface area contributed by atoms with Gasteiger partial charge in [0.15, 0.2) is 0 Å². The Bertz CT molecular complexity index is 347. The van der Waals surface area contributed by atoms with Crippen LogP contribution < -0.4 is 5.32 Å². The summed E-state index contributed by atoms with van der Waals surface area (Å²) in [6.07, 6.45) is 3.38. The SMILES string of the molecule is COCCC(NC(=O)N1CCCC(C(C)C)CC1)C(=O)O. The average Bonchev–Trinajstić information content (AvgIpc) is 2.68. The van der Waals surface area contributed by atoms with Gasteiger partial charge in [-0.3, -0.25) is 0 Å². The highest BCUT2D eigenvalue weighted by Crippen LogP contribution is 2.24. The van der Waals surface area contributed by atoms with Crippen LogP contribution in [0.3, 0.4) is 0 Å². The molecule has 0 bridgehead atoms. The lowest BCUT2D eigenvalue weighted by Crippen LogP contribution is -2.48. The highest BCUT2D eigenvalue weighted by atomic mass is 16.5. The zero-order valence-corrected chi connectivity index (χ0v) is 13.3. The first-order chi connectivity index (χ1) is 9.95. The summed E-state index contributed by atoms with van der Waals surface area (Å²) in [6.45, 7) is 6.14. The van der Waals surface area contributed by atoms with Gasteiger partial charge in [-0.05, 0) is 31.1 Å². The quantitative estimate of drug-likeness (QED) is 0.786. The van der Waals surface area contributed by atoms with Crippen molar-refractivity contribution < 1.29 is 19.4 Å². The molecule has 6 heteroatoms. The van der Waals surface area contributed by atoms with E-state index in [0.29, 0.717) is 31.5 Å². The van der Waals surface area contributed by atoms with Crippen molar-refractivity contribution in [2.45, 2.75) is 45.6 Å². The molecule has 2 N–H and O–H groups in total. The van der Waals surface area contributed by atoms with Gasteiger partial charge in [0.25, 0.3) is 0 Å². The van der Waals surface area contributed by atoms with Crippen molar-refractivity contribution in [3.8, 4) is 0 Å². The standard InChI is InChI=1S/C15H28N2O4/c1-11(2)12-5-4-8-17(9-6-12)15(20)16-13(14(18)19)7-10-21-3/h11-13H,4-10H2,1-3H3,(H,16,20)(H,18,19). The lowest BCUT2D eigenvalue weighted by atomic mass is 9.89. The first-order valence-electron chi connectivity index (χ1n) is 7.72. The molecule has 0 aromatic heterocycles. The summed E-state index contributed by atoms with van der Waals surface area (Å²) in [6, 6.07) is -1.16. The molecule has 1 rings (SSSR count). The van der Waals surface area contributed by atoms with Crippen molar-refractivity contribution in [3.05, 3.63) is 0 Å². The smallest absolute Gasteiger partial charge is 0.326 e. The van der Waals surface area contributed by atoms with E-state index < -0.39 is 12.0 Å². The Morgan fingerprint density at radius 3 is 2.62 bits per heavy atom. The molecule has 21 heavy (non-hydrogen) atoms. The fourth-order valence-electron chi connectivity index (χ4n) is 2.73. The van der Waals surface area contributed by atoms with Gasteiger partial charge in [-0.15, -0.1) is 0 Å². The Hall–Kier alpha value is -1.30. The van der Waals surface area contributed by atoms with Crippen LogP contribution in [0.4, 0.5) is 4.79 Å². The van der Waals surface area contributed by atoms with Gasteiger partial charge in [0.05, 0.1) is 0 Å². The maximum atomic E-state index is 12.2. The number of ether oxygens (including phenoxy) is 1. The lowest BCUT2D eigenvalue weighted by Gasteiger charge is -2.24. The third-order valence-corrected chi connectivity index (χ3v) is 4.21. The maximum Gasteiger partial charge on any atom is 0.326 e. The Kier molecular flexibility index (Phi) is 7.50. The number of nitrogens with one attached hydrogen (secondary N) is 1. The Balaban J connectivity index is 2.51. The van der Waals surface area contributed by atoms with Crippen LogP contribution in [-0.4, -0.2) is 54.9 Å². The number of amides is 2. The van der Waals surface area contributed by atoms with Gasteiger partial charge in [-0.1, -0.05) is 13.8 Å². The largest absolute Gasteiger partial charge is 0.480 e. The minimum absolute atomic E-state index is 0.275. The molecule has 6 nitrogen and oxygen atoms in total. The second-order valence-electron chi connectivity index (χ2n) is 6.04.